The van der Waals surface area contributed by atoms with Crippen LogP contribution in [0.25, 0.3) is 11.4 Å². The minimum Gasteiger partial charge on any atom is -0.376 e. The van der Waals surface area contributed by atoms with Crippen molar-refractivity contribution in [2.45, 2.75) is 39.0 Å². The van der Waals surface area contributed by atoms with Crippen molar-refractivity contribution >= 4 is 0 Å². The van der Waals surface area contributed by atoms with Crippen LogP contribution >= 0.6 is 0 Å². The van der Waals surface area contributed by atoms with E-state index in [-0.39, 0.29) is 5.56 Å². The maximum Gasteiger partial charge on any atom is 0.251 e. The average molecular weight is 393 g/mol. The van der Waals surface area contributed by atoms with Crippen molar-refractivity contribution in [3.05, 3.63) is 70.4 Å². The van der Waals surface area contributed by atoms with Crippen LogP contribution in [0.15, 0.2) is 53.6 Å². The summed E-state index contributed by atoms with van der Waals surface area (Å²) in [5, 5.41) is 4.19. The van der Waals surface area contributed by atoms with Crippen LogP contribution in [-0.4, -0.2) is 50.4 Å². The fourth-order valence-corrected chi connectivity index (χ4v) is 3.63. The van der Waals surface area contributed by atoms with Crippen molar-refractivity contribution in [3.63, 3.8) is 0 Å². The maximum atomic E-state index is 12.1. The Morgan fingerprint density at radius 2 is 2.14 bits per heavy atom. The molecular formula is C22H27N5O2. The molecule has 152 valence electrons. The fourth-order valence-electron chi connectivity index (χ4n) is 3.63. The summed E-state index contributed by atoms with van der Waals surface area (Å²) in [5.41, 5.74) is 2.80. The highest BCUT2D eigenvalue weighted by molar-refractivity contribution is 5.55. The summed E-state index contributed by atoms with van der Waals surface area (Å²) in [6.07, 6.45) is 5.70. The molecule has 1 unspecified atom stereocenters. The summed E-state index contributed by atoms with van der Waals surface area (Å²) in [6.45, 7) is 6.51. The minimum atomic E-state index is -0.131. The molecule has 1 saturated heterocycles. The van der Waals surface area contributed by atoms with Crippen molar-refractivity contribution in [1.29, 1.82) is 0 Å². The number of morpholine rings is 1. The van der Waals surface area contributed by atoms with Crippen molar-refractivity contribution in [2.24, 2.45) is 0 Å². The summed E-state index contributed by atoms with van der Waals surface area (Å²) in [6, 6.07) is 11.7. The highest BCUT2D eigenvalue weighted by atomic mass is 16.5. The van der Waals surface area contributed by atoms with Gasteiger partial charge in [-0.2, -0.15) is 5.10 Å². The number of aromatic nitrogens is 4. The van der Waals surface area contributed by atoms with E-state index in [1.807, 2.05) is 29.1 Å². The third kappa shape index (κ3) is 5.19. The van der Waals surface area contributed by atoms with Gasteiger partial charge in [0.25, 0.3) is 5.56 Å². The van der Waals surface area contributed by atoms with Crippen LogP contribution in [0.2, 0.25) is 0 Å². The van der Waals surface area contributed by atoms with E-state index in [2.05, 4.69) is 39.0 Å². The van der Waals surface area contributed by atoms with Crippen LogP contribution in [0.5, 0.6) is 0 Å². The molecule has 4 rings (SSSR count). The van der Waals surface area contributed by atoms with Gasteiger partial charge in [0.15, 0.2) is 0 Å². The number of aromatic amines is 1. The number of rotatable bonds is 7. The monoisotopic (exact) mass is 393 g/mol. The van der Waals surface area contributed by atoms with E-state index < -0.39 is 0 Å². The van der Waals surface area contributed by atoms with Gasteiger partial charge in [0.2, 0.25) is 0 Å². The van der Waals surface area contributed by atoms with Crippen molar-refractivity contribution in [2.75, 3.05) is 19.7 Å². The molecule has 2 aromatic heterocycles. The molecule has 0 saturated carbocycles. The van der Waals surface area contributed by atoms with Gasteiger partial charge in [-0.05, 0) is 18.1 Å². The summed E-state index contributed by atoms with van der Waals surface area (Å²) in [5.74, 6) is 0.608. The largest absolute Gasteiger partial charge is 0.376 e. The van der Waals surface area contributed by atoms with Gasteiger partial charge in [-0.3, -0.25) is 14.4 Å². The number of nitrogens with one attached hydrogen (secondary N) is 1. The number of aryl methyl sites for hydroxylation is 2. The number of H-pyrrole nitrogens is 1. The first-order valence-electron chi connectivity index (χ1n) is 10.2. The normalized spacial score (nSPS) is 17.5. The van der Waals surface area contributed by atoms with Gasteiger partial charge in [-0.1, -0.05) is 31.2 Å². The van der Waals surface area contributed by atoms with Crippen LogP contribution in [0.4, 0.5) is 0 Å². The van der Waals surface area contributed by atoms with Gasteiger partial charge in [0, 0.05) is 56.6 Å². The van der Waals surface area contributed by atoms with E-state index >= 15 is 0 Å². The molecule has 3 aromatic rings. The smallest absolute Gasteiger partial charge is 0.251 e. The molecule has 1 aliphatic heterocycles. The zero-order valence-corrected chi connectivity index (χ0v) is 16.8. The second-order valence-corrected chi connectivity index (χ2v) is 7.44. The van der Waals surface area contributed by atoms with E-state index in [4.69, 9.17) is 4.74 Å². The molecule has 0 spiro atoms. The molecular weight excluding hydrogens is 366 g/mol. The summed E-state index contributed by atoms with van der Waals surface area (Å²) in [7, 11) is 0. The zero-order valence-electron chi connectivity index (χ0n) is 16.8. The Morgan fingerprint density at radius 3 is 2.90 bits per heavy atom. The topological polar surface area (TPSA) is 76.0 Å². The number of benzene rings is 1. The third-order valence-corrected chi connectivity index (χ3v) is 5.26. The number of nitrogens with zero attached hydrogens (tertiary/aromatic N) is 4. The van der Waals surface area contributed by atoms with Gasteiger partial charge in [0.1, 0.15) is 5.82 Å². The Kier molecular flexibility index (Phi) is 6.17. The minimum absolute atomic E-state index is 0.131. The van der Waals surface area contributed by atoms with Gasteiger partial charge < -0.3 is 9.72 Å². The predicted octanol–water partition coefficient (Wildman–Crippen LogP) is 2.49. The average Bonchev–Trinajstić information content (AvgIpc) is 3.26. The van der Waals surface area contributed by atoms with E-state index in [0.717, 1.165) is 43.9 Å². The van der Waals surface area contributed by atoms with Crippen molar-refractivity contribution < 1.29 is 4.74 Å². The first kappa shape index (κ1) is 19.5. The molecule has 0 amide bonds. The number of ether oxygens (including phenoxy) is 1. The molecule has 1 fully saturated rings. The van der Waals surface area contributed by atoms with Crippen molar-refractivity contribution in [3.8, 4) is 11.4 Å². The van der Waals surface area contributed by atoms with Gasteiger partial charge in [-0.15, -0.1) is 0 Å². The lowest BCUT2D eigenvalue weighted by Crippen LogP contribution is -2.41. The van der Waals surface area contributed by atoms with E-state index in [1.54, 1.807) is 12.3 Å². The Hall–Kier alpha value is -2.77. The Morgan fingerprint density at radius 1 is 1.28 bits per heavy atom. The molecule has 1 aromatic carbocycles. The highest BCUT2D eigenvalue weighted by Crippen LogP contribution is 2.17. The number of hydrogen-bond acceptors (Lipinski definition) is 5. The molecule has 3 heterocycles. The maximum absolute atomic E-state index is 12.1. The summed E-state index contributed by atoms with van der Waals surface area (Å²) < 4.78 is 7.59. The standard InChI is InChI=1S/C22H27N5O2/c1-2-20-16-26(12-13-29-20)15-17-4-6-18(7-5-17)22-24-19(14-21(28)25-22)8-11-27-10-3-9-23-27/h3-7,9-10,14,20H,2,8,11-13,15-16H2,1H3,(H,24,25,28). The second-order valence-electron chi connectivity index (χ2n) is 7.44. The van der Waals surface area contributed by atoms with Gasteiger partial charge >= 0.3 is 0 Å². The number of hydrogen-bond donors (Lipinski definition) is 1. The van der Waals surface area contributed by atoms with Crippen LogP contribution < -0.4 is 5.56 Å². The molecule has 7 heteroatoms. The lowest BCUT2D eigenvalue weighted by Gasteiger charge is -2.32. The highest BCUT2D eigenvalue weighted by Gasteiger charge is 2.18. The van der Waals surface area contributed by atoms with Crippen LogP contribution in [0, 0.1) is 0 Å². The molecule has 0 aliphatic carbocycles. The van der Waals surface area contributed by atoms with Crippen LogP contribution in [0.3, 0.4) is 0 Å². The van der Waals surface area contributed by atoms with E-state index in [1.165, 1.54) is 5.56 Å². The fraction of sp³-hybridized carbons (Fsp3) is 0.409. The molecule has 1 aliphatic rings. The van der Waals surface area contributed by atoms with Crippen molar-refractivity contribution in [1.82, 2.24) is 24.6 Å². The Balaban J connectivity index is 1.43. The molecule has 0 radical (unpaired) electrons. The molecule has 1 N–H and O–H groups in total. The molecule has 29 heavy (non-hydrogen) atoms. The SMILES string of the molecule is CCC1CN(Cc2ccc(-c3nc(CCn4cccn4)cc(=O)[nH]3)cc2)CCO1. The predicted molar refractivity (Wildman–Crippen MR) is 112 cm³/mol. The zero-order chi connectivity index (χ0) is 20.1. The first-order chi connectivity index (χ1) is 14.2. The molecule has 7 nitrogen and oxygen atoms in total. The first-order valence-corrected chi connectivity index (χ1v) is 10.2. The van der Waals surface area contributed by atoms with Crippen LogP contribution in [0.1, 0.15) is 24.6 Å². The van der Waals surface area contributed by atoms with Gasteiger partial charge in [0.05, 0.1) is 18.4 Å². The summed E-state index contributed by atoms with van der Waals surface area (Å²) in [4.78, 5) is 22.0. The summed E-state index contributed by atoms with van der Waals surface area (Å²) >= 11 is 0. The Labute approximate surface area is 170 Å². The molecule has 0 bridgehead atoms. The van der Waals surface area contributed by atoms with E-state index in [0.29, 0.717) is 24.9 Å². The van der Waals surface area contributed by atoms with E-state index in [9.17, 15) is 4.79 Å². The Bertz CT molecular complexity index is 966. The quantitative estimate of drug-likeness (QED) is 0.667. The lowest BCUT2D eigenvalue weighted by molar-refractivity contribution is -0.0324. The molecule has 1 atom stereocenters. The van der Waals surface area contributed by atoms with Gasteiger partial charge in [-0.25, -0.2) is 4.98 Å². The second kappa shape index (κ2) is 9.15. The lowest BCUT2D eigenvalue weighted by atomic mass is 10.1. The van der Waals surface area contributed by atoms with Crippen LogP contribution in [-0.2, 0) is 24.2 Å². The third-order valence-electron chi connectivity index (χ3n) is 5.26.